The van der Waals surface area contributed by atoms with Gasteiger partial charge in [-0.1, -0.05) is 24.3 Å². The molecule has 0 radical (unpaired) electrons. The minimum absolute atomic E-state index is 0.0144. The van der Waals surface area contributed by atoms with Crippen molar-refractivity contribution in [2.75, 3.05) is 5.32 Å². The van der Waals surface area contributed by atoms with Crippen molar-refractivity contribution < 1.29 is 13.2 Å². The SMILES string of the molecule is Fc1ccc(NCc2ccc(C(F)F)cc2)cc1. The minimum atomic E-state index is -2.44. The molecule has 0 saturated heterocycles. The van der Waals surface area contributed by atoms with Crippen LogP contribution in [0.15, 0.2) is 48.5 Å². The molecule has 0 aromatic heterocycles. The Kier molecular flexibility index (Phi) is 3.87. The van der Waals surface area contributed by atoms with Crippen LogP contribution in [0.1, 0.15) is 17.6 Å². The molecule has 0 bridgehead atoms. The molecule has 0 saturated carbocycles. The molecule has 0 aliphatic heterocycles. The van der Waals surface area contributed by atoms with E-state index in [-0.39, 0.29) is 11.4 Å². The largest absolute Gasteiger partial charge is 0.381 e. The van der Waals surface area contributed by atoms with Crippen LogP contribution >= 0.6 is 0 Å². The van der Waals surface area contributed by atoms with Crippen LogP contribution in [-0.4, -0.2) is 0 Å². The van der Waals surface area contributed by atoms with Gasteiger partial charge in [-0.25, -0.2) is 13.2 Å². The second-order valence-corrected chi connectivity index (χ2v) is 3.90. The first-order valence-corrected chi connectivity index (χ1v) is 5.51. The zero-order valence-corrected chi connectivity index (χ0v) is 9.54. The number of halogens is 3. The summed E-state index contributed by atoms with van der Waals surface area (Å²) in [6.07, 6.45) is -2.44. The first-order valence-electron chi connectivity index (χ1n) is 5.51. The van der Waals surface area contributed by atoms with Crippen LogP contribution in [0.4, 0.5) is 18.9 Å². The van der Waals surface area contributed by atoms with E-state index in [1.807, 2.05) is 0 Å². The molecular weight excluding hydrogens is 239 g/mol. The molecule has 94 valence electrons. The summed E-state index contributed by atoms with van der Waals surface area (Å²) in [5.74, 6) is -0.290. The van der Waals surface area contributed by atoms with Gasteiger partial charge in [-0.2, -0.15) is 0 Å². The van der Waals surface area contributed by atoms with Crippen LogP contribution in [-0.2, 0) is 6.54 Å². The Morgan fingerprint density at radius 3 is 2.06 bits per heavy atom. The highest BCUT2D eigenvalue weighted by Crippen LogP contribution is 2.19. The lowest BCUT2D eigenvalue weighted by Crippen LogP contribution is -1.99. The average Bonchev–Trinajstić information content (AvgIpc) is 2.38. The first-order chi connectivity index (χ1) is 8.65. The molecule has 0 aliphatic rings. The van der Waals surface area contributed by atoms with Crippen molar-refractivity contribution in [1.82, 2.24) is 0 Å². The second-order valence-electron chi connectivity index (χ2n) is 3.90. The summed E-state index contributed by atoms with van der Waals surface area (Å²) < 4.78 is 37.3. The summed E-state index contributed by atoms with van der Waals surface area (Å²) in [6, 6.07) is 12.1. The highest BCUT2D eigenvalue weighted by atomic mass is 19.3. The van der Waals surface area contributed by atoms with E-state index in [0.29, 0.717) is 6.54 Å². The predicted octanol–water partition coefficient (Wildman–Crippen LogP) is 4.38. The van der Waals surface area contributed by atoms with Gasteiger partial charge in [0.1, 0.15) is 5.82 Å². The maximum absolute atomic E-state index is 12.7. The molecule has 2 aromatic carbocycles. The molecule has 2 aromatic rings. The van der Waals surface area contributed by atoms with Crippen LogP contribution < -0.4 is 5.32 Å². The van der Waals surface area contributed by atoms with E-state index in [2.05, 4.69) is 5.32 Å². The maximum Gasteiger partial charge on any atom is 0.263 e. The van der Waals surface area contributed by atoms with Gasteiger partial charge in [-0.3, -0.25) is 0 Å². The first kappa shape index (κ1) is 12.5. The van der Waals surface area contributed by atoms with Gasteiger partial charge < -0.3 is 5.32 Å². The number of benzene rings is 2. The number of anilines is 1. The standard InChI is InChI=1S/C14H12F3N/c15-12-5-7-13(8-6-12)18-9-10-1-3-11(4-2-10)14(16)17/h1-8,14,18H,9H2. The van der Waals surface area contributed by atoms with Gasteiger partial charge in [-0.15, -0.1) is 0 Å². The normalized spacial score (nSPS) is 10.7. The Morgan fingerprint density at radius 2 is 1.50 bits per heavy atom. The predicted molar refractivity (Wildman–Crippen MR) is 65.1 cm³/mol. The lowest BCUT2D eigenvalue weighted by atomic mass is 10.1. The highest BCUT2D eigenvalue weighted by molar-refractivity contribution is 5.43. The number of rotatable bonds is 4. The van der Waals surface area contributed by atoms with E-state index in [9.17, 15) is 13.2 Å². The highest BCUT2D eigenvalue weighted by Gasteiger charge is 2.05. The van der Waals surface area contributed by atoms with E-state index in [1.54, 1.807) is 24.3 Å². The van der Waals surface area contributed by atoms with Crippen LogP contribution in [0.5, 0.6) is 0 Å². The summed E-state index contributed by atoms with van der Waals surface area (Å²) in [5.41, 5.74) is 1.69. The smallest absolute Gasteiger partial charge is 0.263 e. The fraction of sp³-hybridized carbons (Fsp3) is 0.143. The van der Waals surface area contributed by atoms with Gasteiger partial charge in [0, 0.05) is 17.8 Å². The fourth-order valence-corrected chi connectivity index (χ4v) is 1.55. The molecular formula is C14H12F3N. The van der Waals surface area contributed by atoms with Gasteiger partial charge in [0.05, 0.1) is 0 Å². The average molecular weight is 251 g/mol. The molecule has 18 heavy (non-hydrogen) atoms. The Labute approximate surface area is 103 Å². The summed E-state index contributed by atoms with van der Waals surface area (Å²) >= 11 is 0. The Hall–Kier alpha value is -1.97. The van der Waals surface area contributed by atoms with Gasteiger partial charge >= 0.3 is 0 Å². The molecule has 0 fully saturated rings. The molecule has 0 spiro atoms. The van der Waals surface area contributed by atoms with Crippen molar-refractivity contribution in [3.63, 3.8) is 0 Å². The molecule has 0 unspecified atom stereocenters. The van der Waals surface area contributed by atoms with Crippen molar-refractivity contribution in [3.05, 3.63) is 65.5 Å². The summed E-state index contributed by atoms with van der Waals surface area (Å²) in [6.45, 7) is 0.509. The van der Waals surface area contributed by atoms with E-state index in [1.165, 1.54) is 24.3 Å². The van der Waals surface area contributed by atoms with Gasteiger partial charge in [-0.05, 0) is 29.8 Å². The summed E-state index contributed by atoms with van der Waals surface area (Å²) in [5, 5.41) is 3.08. The third-order valence-electron chi connectivity index (χ3n) is 2.57. The van der Waals surface area contributed by atoms with Crippen molar-refractivity contribution in [2.24, 2.45) is 0 Å². The minimum Gasteiger partial charge on any atom is -0.381 e. The van der Waals surface area contributed by atoms with Gasteiger partial charge in [0.2, 0.25) is 0 Å². The molecule has 0 atom stereocenters. The quantitative estimate of drug-likeness (QED) is 0.850. The van der Waals surface area contributed by atoms with Gasteiger partial charge in [0.25, 0.3) is 6.43 Å². The topological polar surface area (TPSA) is 12.0 Å². The van der Waals surface area contributed by atoms with Crippen LogP contribution in [0.3, 0.4) is 0 Å². The molecule has 0 aliphatic carbocycles. The molecule has 4 heteroatoms. The van der Waals surface area contributed by atoms with E-state index >= 15 is 0 Å². The Morgan fingerprint density at radius 1 is 0.889 bits per heavy atom. The molecule has 0 amide bonds. The second kappa shape index (κ2) is 5.58. The summed E-state index contributed by atoms with van der Waals surface area (Å²) in [7, 11) is 0. The molecule has 1 nitrogen and oxygen atoms in total. The monoisotopic (exact) mass is 251 g/mol. The van der Waals surface area contributed by atoms with Crippen molar-refractivity contribution in [2.45, 2.75) is 13.0 Å². The lowest BCUT2D eigenvalue weighted by Gasteiger charge is -2.07. The van der Waals surface area contributed by atoms with Gasteiger partial charge in [0.15, 0.2) is 0 Å². The molecule has 2 rings (SSSR count). The summed E-state index contributed by atoms with van der Waals surface area (Å²) in [4.78, 5) is 0. The molecule has 0 heterocycles. The van der Waals surface area contributed by atoms with E-state index < -0.39 is 6.43 Å². The van der Waals surface area contributed by atoms with Crippen LogP contribution in [0, 0.1) is 5.82 Å². The third-order valence-corrected chi connectivity index (χ3v) is 2.57. The zero-order valence-electron chi connectivity index (χ0n) is 9.54. The van der Waals surface area contributed by atoms with Crippen molar-refractivity contribution in [3.8, 4) is 0 Å². The molecule has 1 N–H and O–H groups in total. The number of nitrogens with one attached hydrogen (secondary N) is 1. The number of hydrogen-bond acceptors (Lipinski definition) is 1. The number of alkyl halides is 2. The number of hydrogen-bond donors (Lipinski definition) is 1. The van der Waals surface area contributed by atoms with Crippen molar-refractivity contribution in [1.29, 1.82) is 0 Å². The third kappa shape index (κ3) is 3.26. The van der Waals surface area contributed by atoms with Crippen molar-refractivity contribution >= 4 is 5.69 Å². The van der Waals surface area contributed by atoms with E-state index in [0.717, 1.165) is 11.3 Å². The maximum atomic E-state index is 12.7. The van der Waals surface area contributed by atoms with Crippen LogP contribution in [0.25, 0.3) is 0 Å². The fourth-order valence-electron chi connectivity index (χ4n) is 1.55. The zero-order chi connectivity index (χ0) is 13.0. The Balaban J connectivity index is 1.95. The Bertz CT molecular complexity index is 491. The lowest BCUT2D eigenvalue weighted by molar-refractivity contribution is 0.151. The van der Waals surface area contributed by atoms with Crippen LogP contribution in [0.2, 0.25) is 0 Å². The van der Waals surface area contributed by atoms with E-state index in [4.69, 9.17) is 0 Å².